The van der Waals surface area contributed by atoms with E-state index in [0.717, 1.165) is 6.42 Å². The highest BCUT2D eigenvalue weighted by Gasteiger charge is 2.32. The molecule has 1 aliphatic rings. The molecule has 1 aliphatic heterocycles. The number of nitrogens with two attached hydrogens (primary N) is 1. The highest BCUT2D eigenvalue weighted by atomic mass is 16.2. The molecule has 0 bridgehead atoms. The van der Waals surface area contributed by atoms with Gasteiger partial charge in [-0.25, -0.2) is 0 Å². The van der Waals surface area contributed by atoms with Gasteiger partial charge in [-0.05, 0) is 25.7 Å². The lowest BCUT2D eigenvalue weighted by atomic mass is 9.90. The maximum Gasteiger partial charge on any atom is 0.243 e. The molecule has 0 radical (unpaired) electrons. The maximum atomic E-state index is 12.0. The molecular weight excluding hydrogens is 218 g/mol. The standard InChI is InChI=1S/C12H23N3O2/c1-8(2)6-12(3,7-13)15-11(17)9-4-5-10(16)14-9/h8-9H,4-7,13H2,1-3H3,(H,14,16)(H,15,17)/t9-,12?/m1/s1. The molecule has 4 N–H and O–H groups in total. The summed E-state index contributed by atoms with van der Waals surface area (Å²) in [5.74, 6) is 0.287. The predicted molar refractivity (Wildman–Crippen MR) is 66.2 cm³/mol. The Morgan fingerprint density at radius 1 is 1.65 bits per heavy atom. The monoisotopic (exact) mass is 241 g/mol. The first-order chi connectivity index (χ1) is 7.86. The minimum absolute atomic E-state index is 0.0524. The van der Waals surface area contributed by atoms with E-state index in [-0.39, 0.29) is 17.9 Å². The fourth-order valence-corrected chi connectivity index (χ4v) is 2.28. The number of hydrogen-bond donors (Lipinski definition) is 3. The molecule has 2 amide bonds. The normalized spacial score (nSPS) is 23.4. The predicted octanol–water partition coefficient (Wildman–Crippen LogP) is 0.145. The quantitative estimate of drug-likeness (QED) is 0.640. The summed E-state index contributed by atoms with van der Waals surface area (Å²) in [5.41, 5.74) is 5.34. The average molecular weight is 241 g/mol. The van der Waals surface area contributed by atoms with Gasteiger partial charge < -0.3 is 16.4 Å². The van der Waals surface area contributed by atoms with E-state index in [1.807, 2.05) is 6.92 Å². The third-order valence-electron chi connectivity index (χ3n) is 3.05. The van der Waals surface area contributed by atoms with E-state index in [1.54, 1.807) is 0 Å². The van der Waals surface area contributed by atoms with Crippen LogP contribution in [0.2, 0.25) is 0 Å². The van der Waals surface area contributed by atoms with Crippen LogP contribution in [0.3, 0.4) is 0 Å². The fraction of sp³-hybridized carbons (Fsp3) is 0.833. The van der Waals surface area contributed by atoms with Crippen LogP contribution >= 0.6 is 0 Å². The second-order valence-electron chi connectivity index (χ2n) is 5.51. The molecule has 0 aromatic carbocycles. The molecule has 1 fully saturated rings. The van der Waals surface area contributed by atoms with Gasteiger partial charge in [0.1, 0.15) is 6.04 Å². The topological polar surface area (TPSA) is 84.2 Å². The van der Waals surface area contributed by atoms with E-state index in [0.29, 0.717) is 25.3 Å². The van der Waals surface area contributed by atoms with Crippen LogP contribution in [0.1, 0.15) is 40.0 Å². The van der Waals surface area contributed by atoms with Gasteiger partial charge in [0.15, 0.2) is 0 Å². The average Bonchev–Trinajstić information content (AvgIpc) is 2.63. The van der Waals surface area contributed by atoms with Gasteiger partial charge in [0.05, 0.1) is 0 Å². The van der Waals surface area contributed by atoms with Crippen molar-refractivity contribution in [2.45, 2.75) is 51.6 Å². The van der Waals surface area contributed by atoms with Crippen LogP contribution < -0.4 is 16.4 Å². The lowest BCUT2D eigenvalue weighted by Crippen LogP contribution is -2.56. The van der Waals surface area contributed by atoms with Crippen molar-refractivity contribution in [2.24, 2.45) is 11.7 Å². The van der Waals surface area contributed by atoms with Crippen LogP contribution in [-0.4, -0.2) is 29.9 Å². The molecule has 0 aromatic heterocycles. The van der Waals surface area contributed by atoms with E-state index in [1.165, 1.54) is 0 Å². The lowest BCUT2D eigenvalue weighted by Gasteiger charge is -2.32. The number of nitrogens with one attached hydrogen (secondary N) is 2. The van der Waals surface area contributed by atoms with Gasteiger partial charge in [-0.1, -0.05) is 13.8 Å². The third-order valence-corrected chi connectivity index (χ3v) is 3.05. The van der Waals surface area contributed by atoms with Crippen molar-refractivity contribution in [2.75, 3.05) is 6.54 Å². The summed E-state index contributed by atoms with van der Waals surface area (Å²) in [5, 5.41) is 5.62. The summed E-state index contributed by atoms with van der Waals surface area (Å²) in [6.07, 6.45) is 1.84. The Bertz CT molecular complexity index is 304. The smallest absolute Gasteiger partial charge is 0.243 e. The molecule has 0 aliphatic carbocycles. The molecule has 1 rings (SSSR count). The van der Waals surface area contributed by atoms with Crippen molar-refractivity contribution in [1.29, 1.82) is 0 Å². The Morgan fingerprint density at radius 2 is 2.29 bits per heavy atom. The van der Waals surface area contributed by atoms with Crippen LogP contribution in [-0.2, 0) is 9.59 Å². The number of carbonyl (C=O) groups is 2. The molecule has 1 saturated heterocycles. The summed E-state index contributed by atoms with van der Waals surface area (Å²) in [4.78, 5) is 23.0. The molecule has 5 nitrogen and oxygen atoms in total. The molecule has 1 unspecified atom stereocenters. The molecule has 1 heterocycles. The van der Waals surface area contributed by atoms with Gasteiger partial charge in [0.2, 0.25) is 11.8 Å². The van der Waals surface area contributed by atoms with Gasteiger partial charge >= 0.3 is 0 Å². The van der Waals surface area contributed by atoms with E-state index < -0.39 is 5.54 Å². The maximum absolute atomic E-state index is 12.0. The third kappa shape index (κ3) is 4.00. The Balaban J connectivity index is 2.55. The Labute approximate surface area is 103 Å². The molecule has 5 heteroatoms. The van der Waals surface area contributed by atoms with Crippen LogP contribution in [0.5, 0.6) is 0 Å². The summed E-state index contributed by atoms with van der Waals surface area (Å²) in [6.45, 7) is 6.54. The Hall–Kier alpha value is -1.10. The van der Waals surface area contributed by atoms with Crippen LogP contribution in [0.25, 0.3) is 0 Å². The number of rotatable bonds is 5. The summed E-state index contributed by atoms with van der Waals surface area (Å²) < 4.78 is 0. The van der Waals surface area contributed by atoms with Gasteiger partial charge in [0, 0.05) is 18.5 Å². The molecule has 0 aromatic rings. The number of amides is 2. The zero-order chi connectivity index (χ0) is 13.1. The van der Waals surface area contributed by atoms with Gasteiger partial charge in [0.25, 0.3) is 0 Å². The fourth-order valence-electron chi connectivity index (χ4n) is 2.28. The molecule has 0 saturated carbocycles. The van der Waals surface area contributed by atoms with Crippen molar-refractivity contribution < 1.29 is 9.59 Å². The van der Waals surface area contributed by atoms with E-state index >= 15 is 0 Å². The molecule has 2 atom stereocenters. The minimum atomic E-state index is -0.390. The van der Waals surface area contributed by atoms with Gasteiger partial charge in [-0.15, -0.1) is 0 Å². The lowest BCUT2D eigenvalue weighted by molar-refractivity contribution is -0.127. The second kappa shape index (κ2) is 5.49. The highest BCUT2D eigenvalue weighted by Crippen LogP contribution is 2.16. The number of carbonyl (C=O) groups excluding carboxylic acids is 2. The summed E-state index contributed by atoms with van der Waals surface area (Å²) >= 11 is 0. The Kier molecular flexibility index (Phi) is 4.51. The van der Waals surface area contributed by atoms with Gasteiger partial charge in [-0.3, -0.25) is 9.59 Å². The van der Waals surface area contributed by atoms with Crippen molar-refractivity contribution in [1.82, 2.24) is 10.6 Å². The van der Waals surface area contributed by atoms with E-state index in [4.69, 9.17) is 5.73 Å². The highest BCUT2D eigenvalue weighted by molar-refractivity contribution is 5.91. The molecule has 17 heavy (non-hydrogen) atoms. The zero-order valence-electron chi connectivity index (χ0n) is 10.9. The summed E-state index contributed by atoms with van der Waals surface area (Å²) in [6, 6.07) is -0.388. The van der Waals surface area contributed by atoms with Crippen LogP contribution in [0.15, 0.2) is 0 Å². The second-order valence-corrected chi connectivity index (χ2v) is 5.51. The first kappa shape index (κ1) is 14.0. The van der Waals surface area contributed by atoms with Crippen molar-refractivity contribution >= 4 is 11.8 Å². The van der Waals surface area contributed by atoms with Crippen molar-refractivity contribution in [3.8, 4) is 0 Å². The van der Waals surface area contributed by atoms with E-state index in [2.05, 4.69) is 24.5 Å². The molecular formula is C12H23N3O2. The minimum Gasteiger partial charge on any atom is -0.348 e. The Morgan fingerprint density at radius 3 is 2.71 bits per heavy atom. The zero-order valence-corrected chi connectivity index (χ0v) is 10.9. The van der Waals surface area contributed by atoms with Crippen molar-refractivity contribution in [3.63, 3.8) is 0 Å². The van der Waals surface area contributed by atoms with Crippen LogP contribution in [0.4, 0.5) is 0 Å². The van der Waals surface area contributed by atoms with E-state index in [9.17, 15) is 9.59 Å². The SMILES string of the molecule is CC(C)CC(C)(CN)NC(=O)[C@H]1CCC(=O)N1. The van der Waals surface area contributed by atoms with Gasteiger partial charge in [-0.2, -0.15) is 0 Å². The van der Waals surface area contributed by atoms with Crippen molar-refractivity contribution in [3.05, 3.63) is 0 Å². The van der Waals surface area contributed by atoms with Crippen LogP contribution in [0, 0.1) is 5.92 Å². The largest absolute Gasteiger partial charge is 0.348 e. The molecule has 98 valence electrons. The number of hydrogen-bond acceptors (Lipinski definition) is 3. The first-order valence-electron chi connectivity index (χ1n) is 6.18. The molecule has 0 spiro atoms. The summed E-state index contributed by atoms with van der Waals surface area (Å²) in [7, 11) is 0. The first-order valence-corrected chi connectivity index (χ1v) is 6.18.